The molecule has 1 aromatic heterocycles. The number of hydrogen-bond donors (Lipinski definition) is 1. The molecule has 0 saturated carbocycles. The zero-order valence-corrected chi connectivity index (χ0v) is 11.6. The van der Waals surface area contributed by atoms with Crippen LogP contribution >= 0.6 is 11.3 Å². The largest absolute Gasteiger partial charge is 0.481 e. The Balaban J connectivity index is 2.09. The van der Waals surface area contributed by atoms with Crippen LogP contribution in [0.4, 0.5) is 5.00 Å². The Morgan fingerprint density at radius 2 is 2.25 bits per heavy atom. The van der Waals surface area contributed by atoms with Gasteiger partial charge in [-0.3, -0.25) is 19.7 Å². The van der Waals surface area contributed by atoms with Crippen molar-refractivity contribution in [3.63, 3.8) is 0 Å². The highest BCUT2D eigenvalue weighted by Crippen LogP contribution is 2.28. The van der Waals surface area contributed by atoms with E-state index >= 15 is 0 Å². The van der Waals surface area contributed by atoms with Crippen LogP contribution in [0.15, 0.2) is 11.4 Å². The Kier molecular flexibility index (Phi) is 4.03. The van der Waals surface area contributed by atoms with Gasteiger partial charge in [-0.05, 0) is 19.8 Å². The van der Waals surface area contributed by atoms with Crippen LogP contribution in [0.5, 0.6) is 0 Å². The van der Waals surface area contributed by atoms with Gasteiger partial charge < -0.3 is 10.0 Å². The second-order valence-electron chi connectivity index (χ2n) is 4.84. The van der Waals surface area contributed by atoms with Gasteiger partial charge in [-0.2, -0.15) is 0 Å². The van der Waals surface area contributed by atoms with Crippen molar-refractivity contribution >= 4 is 28.2 Å². The second kappa shape index (κ2) is 5.58. The van der Waals surface area contributed by atoms with Crippen LogP contribution in [0.2, 0.25) is 0 Å². The Morgan fingerprint density at radius 3 is 2.75 bits per heavy atom. The molecule has 108 valence electrons. The van der Waals surface area contributed by atoms with Gasteiger partial charge in [-0.25, -0.2) is 0 Å². The molecule has 0 aliphatic carbocycles. The average molecular weight is 298 g/mol. The Morgan fingerprint density at radius 1 is 1.55 bits per heavy atom. The lowest BCUT2D eigenvalue weighted by Gasteiger charge is -2.36. The van der Waals surface area contributed by atoms with Gasteiger partial charge in [0.2, 0.25) is 0 Å². The van der Waals surface area contributed by atoms with Gasteiger partial charge in [0, 0.05) is 24.0 Å². The normalized spacial score (nSPS) is 22.6. The van der Waals surface area contributed by atoms with E-state index in [0.29, 0.717) is 24.9 Å². The number of piperidine rings is 1. The van der Waals surface area contributed by atoms with Gasteiger partial charge in [0.25, 0.3) is 5.91 Å². The molecule has 1 saturated heterocycles. The van der Waals surface area contributed by atoms with Crippen LogP contribution in [0.3, 0.4) is 0 Å². The number of amides is 1. The average Bonchev–Trinajstić information content (AvgIpc) is 2.87. The van der Waals surface area contributed by atoms with Crippen LogP contribution in [0, 0.1) is 16.0 Å². The lowest BCUT2D eigenvalue weighted by molar-refractivity contribution is -0.380. The summed E-state index contributed by atoms with van der Waals surface area (Å²) in [4.78, 5) is 34.9. The van der Waals surface area contributed by atoms with E-state index in [1.807, 2.05) is 0 Å². The highest BCUT2D eigenvalue weighted by atomic mass is 32.1. The second-order valence-corrected chi connectivity index (χ2v) is 5.73. The summed E-state index contributed by atoms with van der Waals surface area (Å²) < 4.78 is 0. The SMILES string of the molecule is CC1CC(C(=O)O)CCN1C(=O)c1csc([N+](=O)[O-])c1. The first-order valence-electron chi connectivity index (χ1n) is 6.17. The fraction of sp³-hybridized carbons (Fsp3) is 0.500. The highest BCUT2D eigenvalue weighted by Gasteiger charge is 2.33. The van der Waals surface area contributed by atoms with Crippen molar-refractivity contribution < 1.29 is 19.6 Å². The third kappa shape index (κ3) is 2.79. The molecule has 0 spiro atoms. The molecule has 7 nitrogen and oxygen atoms in total. The highest BCUT2D eigenvalue weighted by molar-refractivity contribution is 7.13. The summed E-state index contributed by atoms with van der Waals surface area (Å²) in [5, 5.41) is 21.0. The molecule has 2 unspecified atom stereocenters. The molecule has 0 aromatic carbocycles. The molecule has 0 bridgehead atoms. The van der Waals surface area contributed by atoms with E-state index in [-0.39, 0.29) is 17.0 Å². The van der Waals surface area contributed by atoms with E-state index in [2.05, 4.69) is 0 Å². The van der Waals surface area contributed by atoms with Crippen molar-refractivity contribution in [3.8, 4) is 0 Å². The van der Waals surface area contributed by atoms with Crippen LogP contribution < -0.4 is 0 Å². The molecule has 2 heterocycles. The quantitative estimate of drug-likeness (QED) is 0.679. The zero-order valence-electron chi connectivity index (χ0n) is 10.8. The summed E-state index contributed by atoms with van der Waals surface area (Å²) in [7, 11) is 0. The molecular weight excluding hydrogens is 284 g/mol. The zero-order chi connectivity index (χ0) is 14.9. The van der Waals surface area contributed by atoms with Gasteiger partial charge in [0.05, 0.1) is 16.4 Å². The molecule has 1 aliphatic rings. The van der Waals surface area contributed by atoms with Crippen molar-refractivity contribution in [2.24, 2.45) is 5.92 Å². The van der Waals surface area contributed by atoms with Crippen LogP contribution in [0.25, 0.3) is 0 Å². The van der Waals surface area contributed by atoms with E-state index < -0.39 is 16.8 Å². The monoisotopic (exact) mass is 298 g/mol. The maximum absolute atomic E-state index is 12.3. The number of thiophene rings is 1. The lowest BCUT2D eigenvalue weighted by Crippen LogP contribution is -2.45. The topological polar surface area (TPSA) is 101 Å². The van der Waals surface area contributed by atoms with Crippen LogP contribution in [-0.4, -0.2) is 39.4 Å². The molecular formula is C12H14N2O5S. The molecule has 1 aromatic rings. The van der Waals surface area contributed by atoms with Crippen molar-refractivity contribution in [2.45, 2.75) is 25.8 Å². The smallest absolute Gasteiger partial charge is 0.324 e. The molecule has 1 amide bonds. The minimum atomic E-state index is -0.838. The van der Waals surface area contributed by atoms with Crippen molar-refractivity contribution in [1.29, 1.82) is 0 Å². The third-order valence-corrected chi connectivity index (χ3v) is 4.38. The minimum absolute atomic E-state index is 0.0681. The van der Waals surface area contributed by atoms with Gasteiger partial charge in [0.15, 0.2) is 0 Å². The number of carboxylic acid groups (broad SMARTS) is 1. The van der Waals surface area contributed by atoms with Crippen molar-refractivity contribution in [2.75, 3.05) is 6.54 Å². The summed E-state index contributed by atoms with van der Waals surface area (Å²) >= 11 is 0.916. The van der Waals surface area contributed by atoms with Crippen LogP contribution in [0.1, 0.15) is 30.1 Å². The summed E-state index contributed by atoms with van der Waals surface area (Å²) in [5.74, 6) is -1.54. The first kappa shape index (κ1) is 14.4. The predicted molar refractivity (Wildman–Crippen MR) is 71.8 cm³/mol. The molecule has 2 atom stereocenters. The van der Waals surface area contributed by atoms with Crippen molar-refractivity contribution in [1.82, 2.24) is 4.90 Å². The minimum Gasteiger partial charge on any atom is -0.481 e. The third-order valence-electron chi connectivity index (χ3n) is 3.50. The maximum atomic E-state index is 12.3. The maximum Gasteiger partial charge on any atom is 0.324 e. The number of carboxylic acids is 1. The number of carbonyl (C=O) groups is 2. The van der Waals surface area contributed by atoms with E-state index in [0.717, 1.165) is 11.3 Å². The van der Waals surface area contributed by atoms with E-state index in [1.54, 1.807) is 11.8 Å². The number of rotatable bonds is 3. The summed E-state index contributed by atoms with van der Waals surface area (Å²) in [6, 6.07) is 1.08. The summed E-state index contributed by atoms with van der Waals surface area (Å²) in [6.07, 6.45) is 0.824. The molecule has 0 radical (unpaired) electrons. The molecule has 20 heavy (non-hydrogen) atoms. The fourth-order valence-corrected chi connectivity index (χ4v) is 3.09. The van der Waals surface area contributed by atoms with Gasteiger partial charge in [-0.1, -0.05) is 11.3 Å². The predicted octanol–water partition coefficient (Wildman–Crippen LogP) is 1.98. The first-order chi connectivity index (χ1) is 9.40. The Labute approximate surface area is 119 Å². The van der Waals surface area contributed by atoms with Crippen LogP contribution in [-0.2, 0) is 4.79 Å². The molecule has 8 heteroatoms. The van der Waals surface area contributed by atoms with Gasteiger partial charge in [0.1, 0.15) is 0 Å². The van der Waals surface area contributed by atoms with E-state index in [4.69, 9.17) is 5.11 Å². The van der Waals surface area contributed by atoms with E-state index in [1.165, 1.54) is 11.4 Å². The number of carbonyl (C=O) groups excluding carboxylic acids is 1. The summed E-state index contributed by atoms with van der Waals surface area (Å²) in [6.45, 7) is 2.16. The molecule has 1 aliphatic heterocycles. The number of aliphatic carboxylic acids is 1. The number of nitro groups is 1. The molecule has 1 N–H and O–H groups in total. The number of hydrogen-bond acceptors (Lipinski definition) is 5. The van der Waals surface area contributed by atoms with Crippen molar-refractivity contribution in [3.05, 3.63) is 27.1 Å². The fourth-order valence-electron chi connectivity index (χ4n) is 2.40. The summed E-state index contributed by atoms with van der Waals surface area (Å²) in [5.41, 5.74) is 0.294. The Hall–Kier alpha value is -1.96. The molecule has 1 fully saturated rings. The number of likely N-dealkylation sites (tertiary alicyclic amines) is 1. The van der Waals surface area contributed by atoms with Gasteiger partial charge in [-0.15, -0.1) is 0 Å². The molecule has 2 rings (SSSR count). The first-order valence-corrected chi connectivity index (χ1v) is 7.04. The Bertz CT molecular complexity index is 556. The lowest BCUT2D eigenvalue weighted by atomic mass is 9.91. The standard InChI is InChI=1S/C12H14N2O5S/c1-7-4-8(12(16)17)2-3-13(7)11(15)9-5-10(14(18)19)20-6-9/h5-8H,2-4H2,1H3,(H,16,17). The number of nitrogens with zero attached hydrogens (tertiary/aromatic N) is 2. The van der Waals surface area contributed by atoms with E-state index in [9.17, 15) is 19.7 Å². The van der Waals surface area contributed by atoms with Gasteiger partial charge >= 0.3 is 11.0 Å².